The lowest BCUT2D eigenvalue weighted by Crippen LogP contribution is -2.24. The van der Waals surface area contributed by atoms with E-state index in [0.717, 1.165) is 12.3 Å². The number of rotatable bonds is 3. The molecule has 2 aromatic heterocycles. The Morgan fingerprint density at radius 2 is 1.95 bits per heavy atom. The van der Waals surface area contributed by atoms with Gasteiger partial charge in [-0.3, -0.25) is 14.6 Å². The average Bonchev–Trinajstić information content (AvgIpc) is 3.32. The Bertz CT molecular complexity index is 875. The van der Waals surface area contributed by atoms with Gasteiger partial charge in [0.2, 0.25) is 0 Å². The standard InChI is InChI=1S/C14H14N4O3/c19-12-10(5-15-14(21)16-12)11-4-9(13(20)18-17-11)8-3-7(8)6-1-2-6/h4-8H,1-3H2,(H,18,20)(H2,15,16,19,21). The maximum absolute atomic E-state index is 11.9. The molecular formula is C14H14N4O3. The Kier molecular flexibility index (Phi) is 2.51. The van der Waals surface area contributed by atoms with Crippen molar-refractivity contribution in [1.29, 1.82) is 0 Å². The highest BCUT2D eigenvalue weighted by Gasteiger charge is 2.49. The van der Waals surface area contributed by atoms with Crippen LogP contribution < -0.4 is 16.8 Å². The molecule has 2 heterocycles. The van der Waals surface area contributed by atoms with Gasteiger partial charge in [-0.1, -0.05) is 0 Å². The highest BCUT2D eigenvalue weighted by molar-refractivity contribution is 5.56. The van der Waals surface area contributed by atoms with Crippen LogP contribution in [-0.2, 0) is 0 Å². The van der Waals surface area contributed by atoms with Crippen molar-refractivity contribution >= 4 is 0 Å². The van der Waals surface area contributed by atoms with E-state index in [1.54, 1.807) is 6.07 Å². The largest absolute Gasteiger partial charge is 0.325 e. The summed E-state index contributed by atoms with van der Waals surface area (Å²) in [5.74, 6) is 1.66. The van der Waals surface area contributed by atoms with Crippen molar-refractivity contribution in [2.45, 2.75) is 25.2 Å². The molecule has 2 aliphatic rings. The molecule has 3 N–H and O–H groups in total. The fourth-order valence-electron chi connectivity index (χ4n) is 3.05. The normalized spacial score (nSPS) is 24.0. The summed E-state index contributed by atoms with van der Waals surface area (Å²) in [5, 5.41) is 6.38. The van der Waals surface area contributed by atoms with Crippen LogP contribution in [0.15, 0.2) is 26.6 Å². The lowest BCUT2D eigenvalue weighted by atomic mass is 10.1. The fraction of sp³-hybridized carbons (Fsp3) is 0.429. The predicted octanol–water partition coefficient (Wildman–Crippen LogP) is 0.327. The zero-order valence-electron chi connectivity index (χ0n) is 11.2. The van der Waals surface area contributed by atoms with E-state index in [2.05, 4.69) is 20.2 Å². The van der Waals surface area contributed by atoms with Crippen molar-refractivity contribution < 1.29 is 0 Å². The molecule has 2 unspecified atom stereocenters. The fourth-order valence-corrected chi connectivity index (χ4v) is 3.05. The van der Waals surface area contributed by atoms with Crippen molar-refractivity contribution in [3.8, 4) is 11.3 Å². The van der Waals surface area contributed by atoms with E-state index in [4.69, 9.17) is 0 Å². The molecule has 108 valence electrons. The molecule has 21 heavy (non-hydrogen) atoms. The van der Waals surface area contributed by atoms with Crippen LogP contribution in [0.4, 0.5) is 0 Å². The Hall–Kier alpha value is -2.44. The smallest absolute Gasteiger partial charge is 0.313 e. The molecule has 0 spiro atoms. The molecule has 0 aromatic carbocycles. The third-order valence-electron chi connectivity index (χ3n) is 4.39. The third-order valence-corrected chi connectivity index (χ3v) is 4.39. The van der Waals surface area contributed by atoms with Crippen LogP contribution in [0.5, 0.6) is 0 Å². The highest BCUT2D eigenvalue weighted by Crippen LogP contribution is 2.58. The summed E-state index contributed by atoms with van der Waals surface area (Å²) in [5.41, 5.74) is 0.0534. The summed E-state index contributed by atoms with van der Waals surface area (Å²) in [6.07, 6.45) is 4.88. The average molecular weight is 286 g/mol. The Labute approximate surface area is 118 Å². The minimum absolute atomic E-state index is 0.187. The maximum atomic E-state index is 11.9. The van der Waals surface area contributed by atoms with Crippen LogP contribution in [0, 0.1) is 11.8 Å². The number of hydrogen-bond donors (Lipinski definition) is 3. The Morgan fingerprint density at radius 1 is 1.14 bits per heavy atom. The Morgan fingerprint density at radius 3 is 2.67 bits per heavy atom. The molecule has 0 amide bonds. The van der Waals surface area contributed by atoms with E-state index >= 15 is 0 Å². The van der Waals surface area contributed by atoms with Crippen LogP contribution in [0.1, 0.15) is 30.7 Å². The molecular weight excluding hydrogens is 272 g/mol. The summed E-state index contributed by atoms with van der Waals surface area (Å²) < 4.78 is 0. The predicted molar refractivity (Wildman–Crippen MR) is 75.1 cm³/mol. The molecule has 0 bridgehead atoms. The molecule has 7 nitrogen and oxygen atoms in total. The van der Waals surface area contributed by atoms with Crippen LogP contribution in [-0.4, -0.2) is 20.2 Å². The molecule has 2 fully saturated rings. The minimum atomic E-state index is -0.565. The van der Waals surface area contributed by atoms with Crippen molar-refractivity contribution in [2.75, 3.05) is 0 Å². The summed E-state index contributed by atoms with van der Waals surface area (Å²) >= 11 is 0. The number of aromatic nitrogens is 4. The van der Waals surface area contributed by atoms with E-state index in [-0.39, 0.29) is 17.0 Å². The summed E-state index contributed by atoms with van der Waals surface area (Å²) in [4.78, 5) is 39.4. The van der Waals surface area contributed by atoms with Gasteiger partial charge in [-0.05, 0) is 43.1 Å². The molecule has 0 aliphatic heterocycles. The molecule has 2 saturated carbocycles. The van der Waals surface area contributed by atoms with Gasteiger partial charge in [-0.2, -0.15) is 5.10 Å². The zero-order chi connectivity index (χ0) is 14.6. The van der Waals surface area contributed by atoms with Crippen LogP contribution >= 0.6 is 0 Å². The second-order valence-electron chi connectivity index (χ2n) is 5.87. The van der Waals surface area contributed by atoms with E-state index in [1.165, 1.54) is 19.0 Å². The second-order valence-corrected chi connectivity index (χ2v) is 5.87. The van der Waals surface area contributed by atoms with Crippen LogP contribution in [0.25, 0.3) is 11.3 Å². The molecule has 0 saturated heterocycles. The van der Waals surface area contributed by atoms with Gasteiger partial charge in [-0.25, -0.2) is 9.89 Å². The van der Waals surface area contributed by atoms with Gasteiger partial charge in [0.05, 0.1) is 11.3 Å². The Balaban J connectivity index is 1.75. The first-order chi connectivity index (χ1) is 10.1. The monoisotopic (exact) mass is 286 g/mol. The van der Waals surface area contributed by atoms with Gasteiger partial charge < -0.3 is 4.98 Å². The third kappa shape index (κ3) is 2.14. The molecule has 0 radical (unpaired) electrons. The molecule has 2 atom stereocenters. The van der Waals surface area contributed by atoms with Gasteiger partial charge in [0.1, 0.15) is 0 Å². The quantitative estimate of drug-likeness (QED) is 0.754. The first-order valence-electron chi connectivity index (χ1n) is 7.05. The first kappa shape index (κ1) is 12.3. The van der Waals surface area contributed by atoms with Crippen molar-refractivity contribution in [3.05, 3.63) is 49.0 Å². The first-order valence-corrected chi connectivity index (χ1v) is 7.05. The van der Waals surface area contributed by atoms with Gasteiger partial charge in [0, 0.05) is 11.8 Å². The summed E-state index contributed by atoms with van der Waals surface area (Å²) in [6, 6.07) is 1.68. The molecule has 7 heteroatoms. The number of H-pyrrole nitrogens is 3. The summed E-state index contributed by atoms with van der Waals surface area (Å²) in [7, 11) is 0. The van der Waals surface area contributed by atoms with E-state index in [9.17, 15) is 14.4 Å². The topological polar surface area (TPSA) is 111 Å². The van der Waals surface area contributed by atoms with Crippen molar-refractivity contribution in [2.24, 2.45) is 11.8 Å². The molecule has 2 aliphatic carbocycles. The van der Waals surface area contributed by atoms with Gasteiger partial charge in [0.25, 0.3) is 11.1 Å². The maximum Gasteiger partial charge on any atom is 0.325 e. The van der Waals surface area contributed by atoms with Gasteiger partial charge >= 0.3 is 5.69 Å². The van der Waals surface area contributed by atoms with Gasteiger partial charge in [-0.15, -0.1) is 0 Å². The molecule has 4 rings (SSSR count). The van der Waals surface area contributed by atoms with E-state index in [0.29, 0.717) is 17.2 Å². The number of nitrogens with zero attached hydrogens (tertiary/aromatic N) is 1. The summed E-state index contributed by atoms with van der Waals surface area (Å²) in [6.45, 7) is 0. The van der Waals surface area contributed by atoms with Crippen molar-refractivity contribution in [1.82, 2.24) is 20.2 Å². The molecule has 2 aromatic rings. The number of nitrogens with one attached hydrogen (secondary N) is 3. The highest BCUT2D eigenvalue weighted by atomic mass is 16.2. The number of hydrogen-bond acceptors (Lipinski definition) is 4. The second kappa shape index (κ2) is 4.28. The van der Waals surface area contributed by atoms with E-state index < -0.39 is 11.2 Å². The number of aromatic amines is 3. The lowest BCUT2D eigenvalue weighted by Gasteiger charge is -2.02. The lowest BCUT2D eigenvalue weighted by molar-refractivity contribution is 0.686. The van der Waals surface area contributed by atoms with Gasteiger partial charge in [0.15, 0.2) is 0 Å². The van der Waals surface area contributed by atoms with E-state index in [1.807, 2.05) is 0 Å². The van der Waals surface area contributed by atoms with Crippen LogP contribution in [0.2, 0.25) is 0 Å². The van der Waals surface area contributed by atoms with Crippen molar-refractivity contribution in [3.63, 3.8) is 0 Å². The minimum Gasteiger partial charge on any atom is -0.313 e. The zero-order valence-corrected chi connectivity index (χ0v) is 11.2. The SMILES string of the molecule is O=c1[nH]cc(-c2cc(C3CC3C3CC3)c(=O)[nH]n2)c(=O)[nH]1. The van der Waals surface area contributed by atoms with Crippen LogP contribution in [0.3, 0.4) is 0 Å².